The molecule has 0 saturated heterocycles. The van der Waals surface area contributed by atoms with Crippen LogP contribution in [0.15, 0.2) is 24.3 Å². The number of sulfonamides is 1. The van der Waals surface area contributed by atoms with Gasteiger partial charge in [0.15, 0.2) is 0 Å². The van der Waals surface area contributed by atoms with E-state index in [1.165, 1.54) is 7.05 Å². The molecule has 134 valence electrons. The standard InChI is InChI=1S/C16H25N3O4S/c1-4-12(2)16(21)19-10-15(20)18-9-13-5-7-14(8-6-13)11-24(22,23)17-3/h5-8,12,17H,4,9-11H2,1-3H3,(H,18,20)(H,19,21). The summed E-state index contributed by atoms with van der Waals surface area (Å²) in [6, 6.07) is 6.94. The zero-order chi connectivity index (χ0) is 18.2. The molecule has 0 bridgehead atoms. The Labute approximate surface area is 143 Å². The Kier molecular flexibility index (Phi) is 7.87. The Hall–Kier alpha value is -1.93. The van der Waals surface area contributed by atoms with Crippen molar-refractivity contribution in [2.75, 3.05) is 13.6 Å². The van der Waals surface area contributed by atoms with Crippen molar-refractivity contribution in [3.8, 4) is 0 Å². The molecule has 24 heavy (non-hydrogen) atoms. The lowest BCUT2D eigenvalue weighted by molar-refractivity contribution is -0.128. The number of hydrogen-bond donors (Lipinski definition) is 3. The third-order valence-electron chi connectivity index (χ3n) is 3.66. The van der Waals surface area contributed by atoms with Gasteiger partial charge >= 0.3 is 0 Å². The predicted octanol–water partition coefficient (Wildman–Crippen LogP) is 0.514. The molecule has 1 aromatic rings. The van der Waals surface area contributed by atoms with Crippen LogP contribution in [0.2, 0.25) is 0 Å². The highest BCUT2D eigenvalue weighted by Crippen LogP contribution is 2.07. The van der Waals surface area contributed by atoms with Crippen molar-refractivity contribution < 1.29 is 18.0 Å². The predicted molar refractivity (Wildman–Crippen MR) is 92.4 cm³/mol. The second-order valence-electron chi connectivity index (χ2n) is 5.58. The van der Waals surface area contributed by atoms with Crippen molar-refractivity contribution >= 4 is 21.8 Å². The van der Waals surface area contributed by atoms with E-state index in [1.54, 1.807) is 24.3 Å². The van der Waals surface area contributed by atoms with Gasteiger partial charge in [-0.1, -0.05) is 38.1 Å². The third-order valence-corrected chi connectivity index (χ3v) is 5.00. The molecule has 0 fully saturated rings. The highest BCUT2D eigenvalue weighted by molar-refractivity contribution is 7.88. The van der Waals surface area contributed by atoms with Crippen molar-refractivity contribution in [3.05, 3.63) is 35.4 Å². The van der Waals surface area contributed by atoms with E-state index in [1.807, 2.05) is 13.8 Å². The zero-order valence-corrected chi connectivity index (χ0v) is 15.1. The van der Waals surface area contributed by atoms with Gasteiger partial charge in [-0.25, -0.2) is 13.1 Å². The van der Waals surface area contributed by atoms with Crippen LogP contribution in [-0.2, 0) is 31.9 Å². The van der Waals surface area contributed by atoms with Gasteiger partial charge in [-0.15, -0.1) is 0 Å². The summed E-state index contributed by atoms with van der Waals surface area (Å²) in [5.41, 5.74) is 1.52. The first-order valence-corrected chi connectivity index (χ1v) is 9.46. The summed E-state index contributed by atoms with van der Waals surface area (Å²) < 4.78 is 25.2. The average Bonchev–Trinajstić information content (AvgIpc) is 2.58. The molecule has 0 aliphatic carbocycles. The fourth-order valence-electron chi connectivity index (χ4n) is 1.84. The molecule has 1 atom stereocenters. The van der Waals surface area contributed by atoms with Crippen LogP contribution in [0.4, 0.5) is 0 Å². The monoisotopic (exact) mass is 355 g/mol. The lowest BCUT2D eigenvalue weighted by Gasteiger charge is -2.10. The van der Waals surface area contributed by atoms with Gasteiger partial charge in [-0.2, -0.15) is 0 Å². The van der Waals surface area contributed by atoms with Crippen molar-refractivity contribution in [3.63, 3.8) is 0 Å². The molecule has 1 unspecified atom stereocenters. The first-order valence-electron chi connectivity index (χ1n) is 7.80. The van der Waals surface area contributed by atoms with Crippen molar-refractivity contribution in [1.82, 2.24) is 15.4 Å². The minimum Gasteiger partial charge on any atom is -0.350 e. The Balaban J connectivity index is 2.42. The first-order chi connectivity index (χ1) is 11.3. The maximum absolute atomic E-state index is 11.7. The normalized spacial score (nSPS) is 12.5. The van der Waals surface area contributed by atoms with Gasteiger partial charge < -0.3 is 10.6 Å². The fourth-order valence-corrected chi connectivity index (χ4v) is 2.61. The van der Waals surface area contributed by atoms with Crippen LogP contribution in [0.5, 0.6) is 0 Å². The van der Waals surface area contributed by atoms with Crippen LogP contribution in [-0.4, -0.2) is 33.8 Å². The molecule has 0 aliphatic heterocycles. The molecular weight excluding hydrogens is 330 g/mol. The van der Waals surface area contributed by atoms with Crippen molar-refractivity contribution in [2.24, 2.45) is 5.92 Å². The largest absolute Gasteiger partial charge is 0.350 e. The molecule has 2 amide bonds. The summed E-state index contributed by atoms with van der Waals surface area (Å²) in [5.74, 6) is -0.604. The first kappa shape index (κ1) is 20.1. The number of amides is 2. The molecule has 0 radical (unpaired) electrons. The number of carbonyl (C=O) groups is 2. The molecule has 7 nitrogen and oxygen atoms in total. The molecular formula is C16H25N3O4S. The van der Waals surface area contributed by atoms with Crippen molar-refractivity contribution in [1.29, 1.82) is 0 Å². The Morgan fingerprint density at radius 1 is 1.08 bits per heavy atom. The van der Waals surface area contributed by atoms with E-state index in [2.05, 4.69) is 15.4 Å². The summed E-state index contributed by atoms with van der Waals surface area (Å²) in [5, 5.41) is 5.29. The summed E-state index contributed by atoms with van der Waals surface area (Å²) in [6.45, 7) is 3.98. The van der Waals surface area contributed by atoms with Gasteiger partial charge in [0.25, 0.3) is 0 Å². The summed E-state index contributed by atoms with van der Waals surface area (Å²) in [4.78, 5) is 23.3. The summed E-state index contributed by atoms with van der Waals surface area (Å²) >= 11 is 0. The molecule has 1 rings (SSSR count). The summed E-state index contributed by atoms with van der Waals surface area (Å²) in [7, 11) is -1.92. The highest BCUT2D eigenvalue weighted by Gasteiger charge is 2.11. The van der Waals surface area contributed by atoms with Gasteiger partial charge in [-0.3, -0.25) is 9.59 Å². The molecule has 0 aromatic heterocycles. The maximum Gasteiger partial charge on any atom is 0.239 e. The molecule has 0 heterocycles. The van der Waals surface area contributed by atoms with E-state index in [9.17, 15) is 18.0 Å². The third kappa shape index (κ3) is 7.10. The van der Waals surface area contributed by atoms with E-state index >= 15 is 0 Å². The van der Waals surface area contributed by atoms with Crippen molar-refractivity contribution in [2.45, 2.75) is 32.6 Å². The number of hydrogen-bond acceptors (Lipinski definition) is 4. The fraction of sp³-hybridized carbons (Fsp3) is 0.500. The van der Waals surface area contributed by atoms with Gasteiger partial charge in [0, 0.05) is 12.5 Å². The van der Waals surface area contributed by atoms with E-state index < -0.39 is 10.0 Å². The molecule has 1 aromatic carbocycles. The number of nitrogens with one attached hydrogen (secondary N) is 3. The van der Waals surface area contributed by atoms with Crippen LogP contribution >= 0.6 is 0 Å². The lowest BCUT2D eigenvalue weighted by atomic mass is 10.1. The van der Waals surface area contributed by atoms with E-state index in [-0.39, 0.29) is 30.0 Å². The van der Waals surface area contributed by atoms with Crippen LogP contribution < -0.4 is 15.4 Å². The van der Waals surface area contributed by atoms with Crippen LogP contribution in [0.1, 0.15) is 31.4 Å². The van der Waals surface area contributed by atoms with E-state index in [4.69, 9.17) is 0 Å². The topological polar surface area (TPSA) is 104 Å². The van der Waals surface area contributed by atoms with Crippen LogP contribution in [0, 0.1) is 5.92 Å². The number of benzene rings is 1. The Morgan fingerprint density at radius 3 is 2.21 bits per heavy atom. The average molecular weight is 355 g/mol. The smallest absolute Gasteiger partial charge is 0.239 e. The molecule has 8 heteroatoms. The second-order valence-corrected chi connectivity index (χ2v) is 7.51. The molecule has 0 saturated carbocycles. The zero-order valence-electron chi connectivity index (χ0n) is 14.3. The van der Waals surface area contributed by atoms with Gasteiger partial charge in [0.1, 0.15) is 0 Å². The van der Waals surface area contributed by atoms with Gasteiger partial charge in [0.2, 0.25) is 21.8 Å². The second kappa shape index (κ2) is 9.39. The van der Waals surface area contributed by atoms with E-state index in [0.29, 0.717) is 12.1 Å². The molecule has 3 N–H and O–H groups in total. The Bertz CT molecular complexity index is 656. The van der Waals surface area contributed by atoms with Crippen LogP contribution in [0.25, 0.3) is 0 Å². The van der Waals surface area contributed by atoms with E-state index in [0.717, 1.165) is 12.0 Å². The highest BCUT2D eigenvalue weighted by atomic mass is 32.2. The number of carbonyl (C=O) groups excluding carboxylic acids is 2. The SMILES string of the molecule is CCC(C)C(=O)NCC(=O)NCc1ccc(CS(=O)(=O)NC)cc1. The quantitative estimate of drug-likeness (QED) is 0.600. The van der Waals surface area contributed by atoms with Gasteiger partial charge in [0.05, 0.1) is 12.3 Å². The lowest BCUT2D eigenvalue weighted by Crippen LogP contribution is -2.38. The van der Waals surface area contributed by atoms with Gasteiger partial charge in [-0.05, 0) is 24.6 Å². The maximum atomic E-state index is 11.7. The molecule has 0 spiro atoms. The summed E-state index contributed by atoms with van der Waals surface area (Å²) in [6.07, 6.45) is 0.725. The minimum atomic E-state index is -3.30. The molecule has 0 aliphatic rings. The van der Waals surface area contributed by atoms with Crippen LogP contribution in [0.3, 0.4) is 0 Å². The number of rotatable bonds is 9. The minimum absolute atomic E-state index is 0.0539. The Morgan fingerprint density at radius 2 is 1.67 bits per heavy atom.